The Balaban J connectivity index is 2.03. The number of rotatable bonds is 4. The van der Waals surface area contributed by atoms with Gasteiger partial charge >= 0.3 is 0 Å². The lowest BCUT2D eigenvalue weighted by Gasteiger charge is -2.16. The standard InChI is InChI=1S/C18H20O3S/c1-3-21-22(19,20)18-9-8-13(2)10-17(18)16-11-14-6-4-5-7-15(14)12-16/h4-10,16H,3,11-12H2,1-2H3. The van der Waals surface area contributed by atoms with Crippen molar-refractivity contribution in [2.75, 3.05) is 6.61 Å². The molecule has 0 fully saturated rings. The third-order valence-corrected chi connectivity index (χ3v) is 5.65. The summed E-state index contributed by atoms with van der Waals surface area (Å²) in [6, 6.07) is 13.8. The molecule has 2 aromatic rings. The van der Waals surface area contributed by atoms with Crippen LogP contribution in [0, 0.1) is 6.92 Å². The fourth-order valence-electron chi connectivity index (χ4n) is 3.21. The first kappa shape index (κ1) is 15.3. The maximum absolute atomic E-state index is 12.4. The van der Waals surface area contributed by atoms with Crippen LogP contribution in [-0.2, 0) is 27.1 Å². The van der Waals surface area contributed by atoms with Gasteiger partial charge in [-0.2, -0.15) is 8.42 Å². The van der Waals surface area contributed by atoms with Crippen LogP contribution in [-0.4, -0.2) is 15.0 Å². The first-order valence-corrected chi connectivity index (χ1v) is 8.99. The Bertz CT molecular complexity index is 769. The highest BCUT2D eigenvalue weighted by Crippen LogP contribution is 2.37. The smallest absolute Gasteiger partial charge is 0.267 e. The third kappa shape index (κ3) is 2.81. The lowest BCUT2D eigenvalue weighted by molar-refractivity contribution is 0.337. The van der Waals surface area contributed by atoms with E-state index < -0.39 is 10.1 Å². The molecule has 0 radical (unpaired) electrons. The van der Waals surface area contributed by atoms with Crippen molar-refractivity contribution in [3.05, 3.63) is 64.7 Å². The van der Waals surface area contributed by atoms with Gasteiger partial charge in [-0.25, -0.2) is 0 Å². The van der Waals surface area contributed by atoms with Gasteiger partial charge in [-0.1, -0.05) is 42.0 Å². The molecule has 0 saturated heterocycles. The molecule has 3 rings (SSSR count). The second kappa shape index (κ2) is 5.86. The fraction of sp³-hybridized carbons (Fsp3) is 0.333. The van der Waals surface area contributed by atoms with E-state index in [-0.39, 0.29) is 12.5 Å². The summed E-state index contributed by atoms with van der Waals surface area (Å²) in [4.78, 5) is 0.317. The van der Waals surface area contributed by atoms with Gasteiger partial charge in [0.15, 0.2) is 0 Å². The molecule has 0 spiro atoms. The molecule has 0 aromatic heterocycles. The minimum absolute atomic E-state index is 0.153. The largest absolute Gasteiger partial charge is 0.297 e. The van der Waals surface area contributed by atoms with Crippen LogP contribution in [0.4, 0.5) is 0 Å². The molecule has 1 aliphatic rings. The molecular weight excluding hydrogens is 296 g/mol. The van der Waals surface area contributed by atoms with E-state index in [1.54, 1.807) is 13.0 Å². The summed E-state index contributed by atoms with van der Waals surface area (Å²) in [6.07, 6.45) is 1.77. The van der Waals surface area contributed by atoms with Crippen molar-refractivity contribution >= 4 is 10.1 Å². The average Bonchev–Trinajstić information content (AvgIpc) is 2.90. The first-order valence-electron chi connectivity index (χ1n) is 7.58. The van der Waals surface area contributed by atoms with E-state index >= 15 is 0 Å². The van der Waals surface area contributed by atoms with Gasteiger partial charge in [-0.15, -0.1) is 0 Å². The van der Waals surface area contributed by atoms with Gasteiger partial charge < -0.3 is 0 Å². The molecular formula is C18H20O3S. The van der Waals surface area contributed by atoms with Crippen LogP contribution in [0.15, 0.2) is 47.4 Å². The summed E-state index contributed by atoms with van der Waals surface area (Å²) in [5, 5.41) is 0. The summed E-state index contributed by atoms with van der Waals surface area (Å²) >= 11 is 0. The Morgan fingerprint density at radius 2 is 1.73 bits per heavy atom. The van der Waals surface area contributed by atoms with E-state index in [4.69, 9.17) is 4.18 Å². The SMILES string of the molecule is CCOS(=O)(=O)c1ccc(C)cc1C1Cc2ccccc2C1. The number of hydrogen-bond acceptors (Lipinski definition) is 3. The van der Waals surface area contributed by atoms with Crippen LogP contribution in [0.3, 0.4) is 0 Å². The molecule has 0 atom stereocenters. The highest BCUT2D eigenvalue weighted by atomic mass is 32.2. The normalized spacial score (nSPS) is 15.0. The van der Waals surface area contributed by atoms with Gasteiger partial charge in [0.1, 0.15) is 0 Å². The molecule has 0 bridgehead atoms. The summed E-state index contributed by atoms with van der Waals surface area (Å²) < 4.78 is 29.7. The minimum atomic E-state index is -3.68. The zero-order chi connectivity index (χ0) is 15.7. The Kier molecular flexibility index (Phi) is 4.06. The Morgan fingerprint density at radius 3 is 2.32 bits per heavy atom. The van der Waals surface area contributed by atoms with Crippen molar-refractivity contribution in [2.24, 2.45) is 0 Å². The molecule has 0 N–H and O–H groups in total. The summed E-state index contributed by atoms with van der Waals surface area (Å²) in [5.74, 6) is 0.197. The number of hydrogen-bond donors (Lipinski definition) is 0. The lowest BCUT2D eigenvalue weighted by Crippen LogP contribution is -2.12. The van der Waals surface area contributed by atoms with E-state index in [2.05, 4.69) is 12.1 Å². The number of aryl methyl sites for hydroxylation is 1. The van der Waals surface area contributed by atoms with E-state index in [9.17, 15) is 8.42 Å². The quantitative estimate of drug-likeness (QED) is 0.809. The van der Waals surface area contributed by atoms with Crippen LogP contribution in [0.5, 0.6) is 0 Å². The van der Waals surface area contributed by atoms with E-state index in [1.807, 2.05) is 31.2 Å². The fourth-order valence-corrected chi connectivity index (χ4v) is 4.40. The average molecular weight is 316 g/mol. The molecule has 1 aliphatic carbocycles. The monoisotopic (exact) mass is 316 g/mol. The molecule has 22 heavy (non-hydrogen) atoms. The van der Waals surface area contributed by atoms with Gasteiger partial charge in [0, 0.05) is 0 Å². The maximum Gasteiger partial charge on any atom is 0.297 e. The minimum Gasteiger partial charge on any atom is -0.267 e. The second-order valence-corrected chi connectivity index (χ2v) is 7.36. The van der Waals surface area contributed by atoms with Crippen molar-refractivity contribution in [1.29, 1.82) is 0 Å². The van der Waals surface area contributed by atoms with Gasteiger partial charge in [-0.3, -0.25) is 4.18 Å². The molecule has 0 amide bonds. The van der Waals surface area contributed by atoms with Crippen LogP contribution in [0.2, 0.25) is 0 Å². The van der Waals surface area contributed by atoms with Gasteiger partial charge in [0.05, 0.1) is 11.5 Å². The van der Waals surface area contributed by atoms with E-state index in [1.165, 1.54) is 11.1 Å². The van der Waals surface area contributed by atoms with Crippen LogP contribution < -0.4 is 0 Å². The number of fused-ring (bicyclic) bond motifs is 1. The van der Waals surface area contributed by atoms with Crippen LogP contribution in [0.25, 0.3) is 0 Å². The van der Waals surface area contributed by atoms with Crippen molar-refractivity contribution in [3.63, 3.8) is 0 Å². The van der Waals surface area contributed by atoms with Gasteiger partial charge in [-0.05, 0) is 55.4 Å². The molecule has 2 aromatic carbocycles. The van der Waals surface area contributed by atoms with Gasteiger partial charge in [0.2, 0.25) is 0 Å². The lowest BCUT2D eigenvalue weighted by atomic mass is 9.95. The molecule has 116 valence electrons. The molecule has 0 saturated carbocycles. The zero-order valence-electron chi connectivity index (χ0n) is 12.9. The maximum atomic E-state index is 12.4. The van der Waals surface area contributed by atoms with Crippen molar-refractivity contribution in [2.45, 2.75) is 37.5 Å². The summed E-state index contributed by atoms with van der Waals surface area (Å²) in [5.41, 5.74) is 4.58. The predicted octanol–water partition coefficient (Wildman–Crippen LogP) is 3.60. The Morgan fingerprint density at radius 1 is 1.09 bits per heavy atom. The molecule has 4 heteroatoms. The van der Waals surface area contributed by atoms with Crippen LogP contribution >= 0.6 is 0 Å². The molecule has 3 nitrogen and oxygen atoms in total. The van der Waals surface area contributed by atoms with E-state index in [0.717, 1.165) is 24.0 Å². The predicted molar refractivity (Wildman–Crippen MR) is 86.6 cm³/mol. The number of benzene rings is 2. The summed E-state index contributed by atoms with van der Waals surface area (Å²) in [6.45, 7) is 3.83. The van der Waals surface area contributed by atoms with Crippen molar-refractivity contribution in [1.82, 2.24) is 0 Å². The molecule has 0 aliphatic heterocycles. The zero-order valence-corrected chi connectivity index (χ0v) is 13.7. The molecule has 0 unspecified atom stereocenters. The van der Waals surface area contributed by atoms with Crippen molar-refractivity contribution in [3.8, 4) is 0 Å². The highest BCUT2D eigenvalue weighted by molar-refractivity contribution is 7.86. The summed E-state index contributed by atoms with van der Waals surface area (Å²) in [7, 11) is -3.68. The van der Waals surface area contributed by atoms with Crippen LogP contribution in [0.1, 0.15) is 35.1 Å². The molecule has 0 heterocycles. The highest BCUT2D eigenvalue weighted by Gasteiger charge is 2.28. The Labute approximate surface area is 132 Å². The second-order valence-electron chi connectivity index (χ2n) is 5.78. The van der Waals surface area contributed by atoms with Crippen molar-refractivity contribution < 1.29 is 12.6 Å². The first-order chi connectivity index (χ1) is 10.5. The van der Waals surface area contributed by atoms with E-state index in [0.29, 0.717) is 4.90 Å². The van der Waals surface area contributed by atoms with Gasteiger partial charge in [0.25, 0.3) is 10.1 Å². The third-order valence-electron chi connectivity index (χ3n) is 4.20. The Hall–Kier alpha value is -1.65. The topological polar surface area (TPSA) is 43.4 Å².